The number of hydrogen-bond acceptors (Lipinski definition) is 2. The minimum absolute atomic E-state index is 0. The van der Waals surface area contributed by atoms with E-state index in [1.165, 1.54) is 0 Å². The van der Waals surface area contributed by atoms with Crippen molar-refractivity contribution in [2.75, 3.05) is 0 Å². The second-order valence-electron chi connectivity index (χ2n) is 0. The van der Waals surface area contributed by atoms with Crippen LogP contribution in [0.4, 0.5) is 0 Å². The fourth-order valence-electron chi connectivity index (χ4n) is 0. The van der Waals surface area contributed by atoms with Gasteiger partial charge in [-0.05, 0) is 0 Å². The second kappa shape index (κ2) is 30.9. The molecule has 0 radical (unpaired) electrons. The average molecular weight is 315 g/mol. The van der Waals surface area contributed by atoms with Crippen LogP contribution in [0.25, 0.3) is 0 Å². The molecule has 0 aliphatic rings. The minimum atomic E-state index is 0. The Morgan fingerprint density at radius 1 is 0.800 bits per heavy atom. The number of rotatable bonds is 0. The molecule has 0 aromatic carbocycles. The van der Waals surface area contributed by atoms with E-state index in [-0.39, 0.29) is 58.6 Å². The molecular formula is Mo2NiS2-2. The standard InChI is InChI=1S/2Mo.Ni.S2/c;;;1-2/q;;;-2. The maximum Gasteiger partial charge on any atom is 0 e. The van der Waals surface area contributed by atoms with Gasteiger partial charge < -0.3 is 23.3 Å². The first kappa shape index (κ1) is 25.6. The normalized spacial score (nSPS) is 1.20. The van der Waals surface area contributed by atoms with Gasteiger partial charge >= 0.3 is 0 Å². The van der Waals surface area contributed by atoms with Gasteiger partial charge in [0.25, 0.3) is 0 Å². The molecule has 0 aromatic heterocycles. The van der Waals surface area contributed by atoms with E-state index in [9.17, 15) is 0 Å². The fraction of sp³-hybridized carbons (Fsp3) is 0. The Labute approximate surface area is 80.9 Å². The Morgan fingerprint density at radius 3 is 0.800 bits per heavy atom. The van der Waals surface area contributed by atoms with Crippen LogP contribution in [0, 0.1) is 0 Å². The molecule has 0 fully saturated rings. The zero-order valence-corrected chi connectivity index (χ0v) is 8.58. The molecule has 0 aliphatic heterocycles. The summed E-state index contributed by atoms with van der Waals surface area (Å²) in [6.45, 7) is 0. The summed E-state index contributed by atoms with van der Waals surface area (Å²) in [5.74, 6) is 0. The van der Waals surface area contributed by atoms with Gasteiger partial charge in [0.2, 0.25) is 0 Å². The van der Waals surface area contributed by atoms with Crippen molar-refractivity contribution in [3.05, 3.63) is 0 Å². The van der Waals surface area contributed by atoms with E-state index in [4.69, 9.17) is 0 Å². The molecule has 0 aromatic rings. The van der Waals surface area contributed by atoms with Crippen molar-refractivity contribution in [3.8, 4) is 0 Å². The van der Waals surface area contributed by atoms with Crippen LogP contribution in [0.5, 0.6) is 0 Å². The zero-order chi connectivity index (χ0) is 2.00. The molecule has 0 N–H and O–H groups in total. The average Bonchev–Trinajstić information content (AvgIpc) is 1.00. The third kappa shape index (κ3) is 20.8. The predicted molar refractivity (Wildman–Crippen MR) is 14.7 cm³/mol. The van der Waals surface area contributed by atoms with E-state index in [2.05, 4.69) is 23.3 Å². The van der Waals surface area contributed by atoms with Crippen molar-refractivity contribution >= 4 is 23.3 Å². The molecule has 0 nitrogen and oxygen atoms in total. The van der Waals surface area contributed by atoms with Gasteiger partial charge in [0.15, 0.2) is 0 Å². The zero-order valence-electron chi connectivity index (χ0n) is 1.95. The Balaban J connectivity index is -0.00000000167. The van der Waals surface area contributed by atoms with Gasteiger partial charge in [-0.3, -0.25) is 0 Å². The molecule has 0 rings (SSSR count). The van der Waals surface area contributed by atoms with Gasteiger partial charge in [-0.1, -0.05) is 0 Å². The molecule has 36 valence electrons. The molecule has 0 spiro atoms. The quantitative estimate of drug-likeness (QED) is 0.350. The molecule has 0 saturated carbocycles. The summed E-state index contributed by atoms with van der Waals surface area (Å²) in [5.41, 5.74) is 0. The Hall–Kier alpha value is 2.57. The van der Waals surface area contributed by atoms with Crippen molar-refractivity contribution in [3.63, 3.8) is 0 Å². The number of hydrogen-bond donors (Lipinski definition) is 0. The summed E-state index contributed by atoms with van der Waals surface area (Å²) < 4.78 is 0. The maximum atomic E-state index is 3.67. The SMILES string of the molecule is [Mo].[Mo].[Ni].[S-][S-]. The topological polar surface area (TPSA) is 0 Å². The van der Waals surface area contributed by atoms with Crippen LogP contribution in [0.3, 0.4) is 0 Å². The van der Waals surface area contributed by atoms with Crippen LogP contribution < -0.4 is 0 Å². The van der Waals surface area contributed by atoms with Crippen molar-refractivity contribution in [1.29, 1.82) is 0 Å². The fourth-order valence-corrected chi connectivity index (χ4v) is 0. The maximum absolute atomic E-state index is 3.67. The van der Waals surface area contributed by atoms with Gasteiger partial charge in [-0.25, -0.2) is 0 Å². The van der Waals surface area contributed by atoms with Gasteiger partial charge in [0.1, 0.15) is 0 Å². The van der Waals surface area contributed by atoms with E-state index in [1.54, 1.807) is 0 Å². The van der Waals surface area contributed by atoms with Gasteiger partial charge in [0, 0.05) is 58.6 Å². The Kier molecular flexibility index (Phi) is 158. The molecule has 0 heterocycles. The summed E-state index contributed by atoms with van der Waals surface area (Å²) in [6.07, 6.45) is 0. The summed E-state index contributed by atoms with van der Waals surface area (Å²) in [5, 5.41) is 0. The van der Waals surface area contributed by atoms with Crippen LogP contribution in [-0.4, -0.2) is 0 Å². The van der Waals surface area contributed by atoms with Crippen molar-refractivity contribution in [1.82, 2.24) is 0 Å². The summed E-state index contributed by atoms with van der Waals surface area (Å²) in [6, 6.07) is 0. The van der Waals surface area contributed by atoms with E-state index < -0.39 is 0 Å². The van der Waals surface area contributed by atoms with Gasteiger partial charge in [-0.2, -0.15) is 0 Å². The monoisotopic (exact) mass is 318 g/mol. The third-order valence-electron chi connectivity index (χ3n) is 0. The molecule has 0 bridgehead atoms. The van der Waals surface area contributed by atoms with Crippen molar-refractivity contribution in [2.45, 2.75) is 0 Å². The van der Waals surface area contributed by atoms with E-state index >= 15 is 0 Å². The minimum Gasteiger partial charge on any atom is -1.00 e. The Bertz CT molecular complexity index is 7.61. The van der Waals surface area contributed by atoms with Crippen LogP contribution >= 0.6 is 0 Å². The second-order valence-corrected chi connectivity index (χ2v) is 0. The van der Waals surface area contributed by atoms with Crippen LogP contribution in [0.2, 0.25) is 0 Å². The molecule has 0 unspecified atom stereocenters. The molecule has 0 saturated heterocycles. The molecule has 0 atom stereocenters. The first-order chi connectivity index (χ1) is 1.00. The van der Waals surface area contributed by atoms with Crippen LogP contribution in [0.15, 0.2) is 0 Å². The van der Waals surface area contributed by atoms with Crippen LogP contribution in [0.1, 0.15) is 0 Å². The third-order valence-corrected chi connectivity index (χ3v) is 0. The molecule has 0 amide bonds. The van der Waals surface area contributed by atoms with Crippen molar-refractivity contribution < 1.29 is 58.6 Å². The van der Waals surface area contributed by atoms with Crippen LogP contribution in [-0.2, 0) is 81.9 Å². The molecular weight excluding hydrogens is 315 g/mol. The van der Waals surface area contributed by atoms with E-state index in [0.717, 1.165) is 0 Å². The smallest absolute Gasteiger partial charge is 0 e. The largest absolute Gasteiger partial charge is 1.00 e. The van der Waals surface area contributed by atoms with Gasteiger partial charge in [-0.15, -0.1) is 0 Å². The molecule has 0 aliphatic carbocycles. The van der Waals surface area contributed by atoms with E-state index in [1.807, 2.05) is 0 Å². The first-order valence-corrected chi connectivity index (χ1v) is 1.50. The van der Waals surface area contributed by atoms with Gasteiger partial charge in [0.05, 0.1) is 0 Å². The molecule has 5 heavy (non-hydrogen) atoms. The van der Waals surface area contributed by atoms with E-state index in [0.29, 0.717) is 0 Å². The molecule has 5 heteroatoms. The Morgan fingerprint density at radius 2 is 0.800 bits per heavy atom. The summed E-state index contributed by atoms with van der Waals surface area (Å²) >= 11 is 7.33. The summed E-state index contributed by atoms with van der Waals surface area (Å²) in [7, 11) is 0. The predicted octanol–water partition coefficient (Wildman–Crippen LogP) is -0.0123. The summed E-state index contributed by atoms with van der Waals surface area (Å²) in [4.78, 5) is 0. The first-order valence-electron chi connectivity index (χ1n) is 0.167. The van der Waals surface area contributed by atoms with Crippen molar-refractivity contribution in [2.24, 2.45) is 0 Å².